The Labute approximate surface area is 172 Å². The third-order valence-corrected chi connectivity index (χ3v) is 5.23. The number of pyridine rings is 1. The smallest absolute Gasteiger partial charge is 0.125 e. The Morgan fingerprint density at radius 2 is 2.07 bits per heavy atom. The van der Waals surface area contributed by atoms with Gasteiger partial charge in [0.1, 0.15) is 18.1 Å². The van der Waals surface area contributed by atoms with Crippen molar-refractivity contribution in [2.24, 2.45) is 0 Å². The highest BCUT2D eigenvalue weighted by atomic mass is 127. The van der Waals surface area contributed by atoms with Crippen molar-refractivity contribution < 1.29 is 14.2 Å². The second-order valence-electron chi connectivity index (χ2n) is 6.49. The molecule has 1 unspecified atom stereocenters. The topological polar surface area (TPSA) is 52.6 Å². The molecule has 3 aromatic rings. The highest BCUT2D eigenvalue weighted by molar-refractivity contribution is 14.1. The largest absolute Gasteiger partial charge is 0.497 e. The predicted molar refractivity (Wildman–Crippen MR) is 115 cm³/mol. The lowest BCUT2D eigenvalue weighted by atomic mass is 10.2. The van der Waals surface area contributed by atoms with Gasteiger partial charge in [-0.25, -0.2) is 0 Å². The van der Waals surface area contributed by atoms with Gasteiger partial charge in [0.2, 0.25) is 0 Å². The van der Waals surface area contributed by atoms with E-state index in [4.69, 9.17) is 14.2 Å². The van der Waals surface area contributed by atoms with Crippen molar-refractivity contribution in [1.29, 1.82) is 0 Å². The van der Waals surface area contributed by atoms with Crippen LogP contribution in [0.3, 0.4) is 0 Å². The minimum Gasteiger partial charge on any atom is -0.497 e. The van der Waals surface area contributed by atoms with Crippen LogP contribution in [0.2, 0.25) is 0 Å². The number of ether oxygens (including phenoxy) is 3. The second kappa shape index (κ2) is 8.31. The zero-order valence-corrected chi connectivity index (χ0v) is 17.2. The maximum atomic E-state index is 5.96. The molecular weight excluding hydrogens is 455 g/mol. The molecule has 1 fully saturated rings. The predicted octanol–water partition coefficient (Wildman–Crippen LogP) is 5.15. The lowest BCUT2D eigenvalue weighted by Crippen LogP contribution is -2.16. The molecule has 1 N–H and O–H groups in total. The summed E-state index contributed by atoms with van der Waals surface area (Å²) in [6.07, 6.45) is 4.15. The Morgan fingerprint density at radius 3 is 2.89 bits per heavy atom. The van der Waals surface area contributed by atoms with Gasteiger partial charge in [0.05, 0.1) is 18.7 Å². The van der Waals surface area contributed by atoms with Crippen molar-refractivity contribution in [2.75, 3.05) is 25.6 Å². The van der Waals surface area contributed by atoms with Gasteiger partial charge in [-0.1, -0.05) is 0 Å². The number of nitrogens with zero attached hydrogens (tertiary/aromatic N) is 1. The van der Waals surface area contributed by atoms with E-state index in [-0.39, 0.29) is 6.10 Å². The van der Waals surface area contributed by atoms with Gasteiger partial charge < -0.3 is 19.5 Å². The summed E-state index contributed by atoms with van der Waals surface area (Å²) in [4.78, 5) is 4.44. The molecule has 0 saturated carbocycles. The summed E-state index contributed by atoms with van der Waals surface area (Å²) in [7, 11) is 1.66. The number of hydrogen-bond acceptors (Lipinski definition) is 5. The van der Waals surface area contributed by atoms with Crippen molar-refractivity contribution >= 4 is 44.9 Å². The van der Waals surface area contributed by atoms with Gasteiger partial charge in [0, 0.05) is 51.3 Å². The minimum atomic E-state index is 0.179. The fourth-order valence-electron chi connectivity index (χ4n) is 3.19. The lowest BCUT2D eigenvalue weighted by molar-refractivity contribution is 0.0679. The van der Waals surface area contributed by atoms with Gasteiger partial charge in [0.15, 0.2) is 0 Å². The normalized spacial score (nSPS) is 16.4. The SMILES string of the molecule is COc1cc(Nc2ccnc3ccc(I)cc23)cc(OCC2CCCO2)c1. The molecule has 1 saturated heterocycles. The van der Waals surface area contributed by atoms with Crippen LogP contribution in [-0.4, -0.2) is 31.4 Å². The number of nitrogens with one attached hydrogen (secondary N) is 1. The van der Waals surface area contributed by atoms with Crippen molar-refractivity contribution in [1.82, 2.24) is 4.98 Å². The molecule has 0 aliphatic carbocycles. The molecule has 5 nitrogen and oxygen atoms in total. The van der Waals surface area contributed by atoms with Gasteiger partial charge in [-0.15, -0.1) is 0 Å². The van der Waals surface area contributed by atoms with Gasteiger partial charge in [0.25, 0.3) is 0 Å². The summed E-state index contributed by atoms with van der Waals surface area (Å²) in [6, 6.07) is 14.0. The average Bonchev–Trinajstić information content (AvgIpc) is 3.20. The zero-order chi connectivity index (χ0) is 18.6. The summed E-state index contributed by atoms with van der Waals surface area (Å²) >= 11 is 2.31. The number of fused-ring (bicyclic) bond motifs is 1. The molecule has 0 amide bonds. The number of methoxy groups -OCH3 is 1. The molecule has 4 rings (SSSR count). The highest BCUT2D eigenvalue weighted by Crippen LogP contribution is 2.31. The van der Waals surface area contributed by atoms with Crippen LogP contribution in [0.5, 0.6) is 11.5 Å². The van der Waals surface area contributed by atoms with Crippen LogP contribution in [0.4, 0.5) is 11.4 Å². The Bertz CT molecular complexity index is 942. The number of benzene rings is 2. The van der Waals surface area contributed by atoms with Crippen LogP contribution in [0, 0.1) is 3.57 Å². The zero-order valence-electron chi connectivity index (χ0n) is 15.1. The number of anilines is 2. The molecule has 27 heavy (non-hydrogen) atoms. The van der Waals surface area contributed by atoms with E-state index in [1.165, 1.54) is 3.57 Å². The van der Waals surface area contributed by atoms with Crippen molar-refractivity contribution in [2.45, 2.75) is 18.9 Å². The van der Waals surface area contributed by atoms with Crippen LogP contribution in [0.25, 0.3) is 10.9 Å². The van der Waals surface area contributed by atoms with Crippen LogP contribution in [0.15, 0.2) is 48.7 Å². The van der Waals surface area contributed by atoms with Gasteiger partial charge in [-0.2, -0.15) is 0 Å². The van der Waals surface area contributed by atoms with E-state index in [2.05, 4.69) is 45.0 Å². The molecule has 1 aromatic heterocycles. The van der Waals surface area contributed by atoms with Crippen LogP contribution in [0.1, 0.15) is 12.8 Å². The fraction of sp³-hybridized carbons (Fsp3) is 0.286. The molecule has 2 aromatic carbocycles. The van der Waals surface area contributed by atoms with E-state index < -0.39 is 0 Å². The molecule has 1 aliphatic heterocycles. The van der Waals surface area contributed by atoms with E-state index in [1.807, 2.05) is 36.5 Å². The first-order valence-corrected chi connectivity index (χ1v) is 10.0. The average molecular weight is 476 g/mol. The molecule has 1 aliphatic rings. The number of hydrogen-bond donors (Lipinski definition) is 1. The maximum absolute atomic E-state index is 5.96. The Kier molecular flexibility index (Phi) is 5.63. The van der Waals surface area contributed by atoms with E-state index in [1.54, 1.807) is 7.11 Å². The quantitative estimate of drug-likeness (QED) is 0.499. The number of aromatic nitrogens is 1. The number of halogens is 1. The summed E-state index contributed by atoms with van der Waals surface area (Å²) in [5, 5.41) is 4.56. The van der Waals surface area contributed by atoms with E-state index in [0.29, 0.717) is 6.61 Å². The summed E-state index contributed by atoms with van der Waals surface area (Å²) in [6.45, 7) is 1.38. The van der Waals surface area contributed by atoms with Crippen LogP contribution in [-0.2, 0) is 4.74 Å². The second-order valence-corrected chi connectivity index (χ2v) is 7.73. The monoisotopic (exact) mass is 476 g/mol. The third kappa shape index (κ3) is 4.44. The lowest BCUT2D eigenvalue weighted by Gasteiger charge is -2.15. The first kappa shape index (κ1) is 18.3. The molecule has 0 spiro atoms. The van der Waals surface area contributed by atoms with Crippen molar-refractivity contribution in [3.05, 3.63) is 52.2 Å². The summed E-state index contributed by atoms with van der Waals surface area (Å²) < 4.78 is 18.2. The van der Waals surface area contributed by atoms with Crippen molar-refractivity contribution in [3.8, 4) is 11.5 Å². The molecule has 1 atom stereocenters. The van der Waals surface area contributed by atoms with Crippen LogP contribution >= 0.6 is 22.6 Å². The molecule has 2 heterocycles. The first-order valence-electron chi connectivity index (χ1n) is 8.96. The highest BCUT2D eigenvalue weighted by Gasteiger charge is 2.16. The van der Waals surface area contributed by atoms with E-state index in [9.17, 15) is 0 Å². The van der Waals surface area contributed by atoms with E-state index in [0.717, 1.165) is 53.2 Å². The Morgan fingerprint density at radius 1 is 1.19 bits per heavy atom. The molecule has 0 bridgehead atoms. The van der Waals surface area contributed by atoms with Crippen LogP contribution < -0.4 is 14.8 Å². The molecule has 140 valence electrons. The van der Waals surface area contributed by atoms with Gasteiger partial charge in [-0.3, -0.25) is 4.98 Å². The first-order chi connectivity index (χ1) is 13.2. The Balaban J connectivity index is 1.59. The Hall–Kier alpha value is -2.06. The minimum absolute atomic E-state index is 0.179. The van der Waals surface area contributed by atoms with E-state index >= 15 is 0 Å². The maximum Gasteiger partial charge on any atom is 0.125 e. The standard InChI is InChI=1S/C21H21IN2O3/c1-25-17-10-15(11-18(12-17)27-13-16-3-2-8-26-16)24-21-6-7-23-20-5-4-14(22)9-19(20)21/h4-7,9-12,16H,2-3,8,13H2,1H3,(H,23,24). The van der Waals surface area contributed by atoms with Gasteiger partial charge >= 0.3 is 0 Å². The summed E-state index contributed by atoms with van der Waals surface area (Å²) in [5.74, 6) is 1.51. The summed E-state index contributed by atoms with van der Waals surface area (Å²) in [5.41, 5.74) is 2.86. The molecule has 0 radical (unpaired) electrons. The van der Waals surface area contributed by atoms with Gasteiger partial charge in [-0.05, 0) is 59.7 Å². The number of rotatable bonds is 6. The molecular formula is C21H21IN2O3. The van der Waals surface area contributed by atoms with Crippen molar-refractivity contribution in [3.63, 3.8) is 0 Å². The third-order valence-electron chi connectivity index (χ3n) is 4.56. The fourth-order valence-corrected chi connectivity index (χ4v) is 3.68. The molecule has 6 heteroatoms.